The van der Waals surface area contributed by atoms with Crippen molar-refractivity contribution in [3.05, 3.63) is 11.6 Å². The van der Waals surface area contributed by atoms with Gasteiger partial charge in [0.15, 0.2) is 5.78 Å². The van der Waals surface area contributed by atoms with E-state index in [9.17, 15) is 14.7 Å². The summed E-state index contributed by atoms with van der Waals surface area (Å²) in [7, 11) is 0. The van der Waals surface area contributed by atoms with E-state index in [1.165, 1.54) is 5.57 Å². The quantitative estimate of drug-likeness (QED) is 0.712. The number of hydrogen-bond acceptors (Lipinski definition) is 4. The molecule has 0 bridgehead atoms. The van der Waals surface area contributed by atoms with Gasteiger partial charge in [0.25, 0.3) is 0 Å². The van der Waals surface area contributed by atoms with Gasteiger partial charge in [0.05, 0.1) is 0 Å². The molecule has 0 spiro atoms. The Morgan fingerprint density at radius 3 is 2.60 bits per heavy atom. The van der Waals surface area contributed by atoms with Crippen molar-refractivity contribution >= 4 is 11.9 Å². The molecule has 0 saturated heterocycles. The fraction of sp³-hybridized carbons (Fsp3) is 0.800. The van der Waals surface area contributed by atoms with E-state index in [1.54, 1.807) is 0 Å². The van der Waals surface area contributed by atoms with Crippen LogP contribution >= 0.6 is 0 Å². The number of rotatable bonds is 1. The van der Waals surface area contributed by atoms with Crippen LogP contribution in [0.3, 0.4) is 0 Å². The maximum atomic E-state index is 11.9. The second-order valence-corrected chi connectivity index (χ2v) is 9.17. The molecule has 0 aromatic rings. The summed E-state index contributed by atoms with van der Waals surface area (Å²) in [5, 5.41) is 11.1. The van der Waals surface area contributed by atoms with Gasteiger partial charge in [-0.2, -0.15) is 0 Å². The van der Waals surface area contributed by atoms with Gasteiger partial charge in [-0.25, -0.2) is 4.79 Å². The van der Waals surface area contributed by atoms with Gasteiger partial charge in [0.2, 0.25) is 5.79 Å². The van der Waals surface area contributed by atoms with Crippen molar-refractivity contribution in [1.29, 1.82) is 0 Å². The average Bonchev–Trinajstić information content (AvgIpc) is 2.79. The van der Waals surface area contributed by atoms with Crippen molar-refractivity contribution in [2.24, 2.45) is 34.3 Å². The first kappa shape index (κ1) is 17.1. The third kappa shape index (κ3) is 2.24. The molecule has 6 atom stereocenters. The lowest BCUT2D eigenvalue weighted by Crippen LogP contribution is -2.56. The number of primary amides is 1. The van der Waals surface area contributed by atoms with Gasteiger partial charge in [-0.3, -0.25) is 4.79 Å². The lowest BCUT2D eigenvalue weighted by Gasteiger charge is -2.58. The SMILES string of the molecule is C[C@]12CCC(=O)C=C1CC[C@@H]1[C@@H]2CC[C@@]2(C)[C@H]1CC[C@]2(O)OC(N)=O. The van der Waals surface area contributed by atoms with Crippen LogP contribution in [-0.4, -0.2) is 22.8 Å². The Hall–Kier alpha value is -1.36. The van der Waals surface area contributed by atoms with E-state index in [0.717, 1.165) is 38.5 Å². The monoisotopic (exact) mass is 347 g/mol. The Morgan fingerprint density at radius 2 is 1.88 bits per heavy atom. The number of nitrogens with two attached hydrogens (primary N) is 1. The second kappa shape index (κ2) is 5.32. The number of carbonyl (C=O) groups is 2. The molecule has 0 aromatic heterocycles. The summed E-state index contributed by atoms with van der Waals surface area (Å²) >= 11 is 0. The van der Waals surface area contributed by atoms with Crippen LogP contribution in [0.5, 0.6) is 0 Å². The highest BCUT2D eigenvalue weighted by molar-refractivity contribution is 5.91. The normalized spacial score (nSPS) is 48.8. The van der Waals surface area contributed by atoms with Crippen molar-refractivity contribution in [3.63, 3.8) is 0 Å². The van der Waals surface area contributed by atoms with E-state index < -0.39 is 17.3 Å². The number of amides is 1. The summed E-state index contributed by atoms with van der Waals surface area (Å²) < 4.78 is 5.24. The van der Waals surface area contributed by atoms with Gasteiger partial charge in [0.1, 0.15) is 0 Å². The first-order chi connectivity index (χ1) is 11.7. The number of fused-ring (bicyclic) bond motifs is 5. The number of carbonyl (C=O) groups excluding carboxylic acids is 2. The fourth-order valence-corrected chi connectivity index (χ4v) is 6.87. The van der Waals surface area contributed by atoms with Gasteiger partial charge in [-0.05, 0) is 67.8 Å². The summed E-state index contributed by atoms with van der Waals surface area (Å²) in [5.74, 6) is 0.242. The minimum atomic E-state index is -1.44. The Kier molecular flexibility index (Phi) is 3.63. The first-order valence-electron chi connectivity index (χ1n) is 9.64. The van der Waals surface area contributed by atoms with Crippen LogP contribution in [-0.2, 0) is 9.53 Å². The van der Waals surface area contributed by atoms with Crippen LogP contribution < -0.4 is 5.73 Å². The number of hydrogen-bond donors (Lipinski definition) is 2. The van der Waals surface area contributed by atoms with E-state index in [0.29, 0.717) is 30.6 Å². The average molecular weight is 347 g/mol. The van der Waals surface area contributed by atoms with Crippen LogP contribution in [0.25, 0.3) is 0 Å². The molecule has 5 heteroatoms. The lowest BCUT2D eigenvalue weighted by atomic mass is 9.47. The van der Waals surface area contributed by atoms with Gasteiger partial charge in [-0.15, -0.1) is 0 Å². The number of ether oxygens (including phenoxy) is 1. The smallest absolute Gasteiger partial charge is 0.407 e. The van der Waals surface area contributed by atoms with Gasteiger partial charge in [-0.1, -0.05) is 19.4 Å². The predicted octanol–water partition coefficient (Wildman–Crippen LogP) is 3.30. The molecule has 4 aliphatic rings. The molecular weight excluding hydrogens is 318 g/mol. The molecular formula is C20H29NO4. The van der Waals surface area contributed by atoms with E-state index in [1.807, 2.05) is 6.08 Å². The molecule has 5 nitrogen and oxygen atoms in total. The zero-order valence-corrected chi connectivity index (χ0v) is 15.2. The van der Waals surface area contributed by atoms with E-state index in [-0.39, 0.29) is 11.2 Å². The Morgan fingerprint density at radius 1 is 1.16 bits per heavy atom. The van der Waals surface area contributed by atoms with Gasteiger partial charge >= 0.3 is 6.09 Å². The largest absolute Gasteiger partial charge is 0.417 e. The molecule has 0 aliphatic heterocycles. The maximum Gasteiger partial charge on any atom is 0.407 e. The molecule has 4 aliphatic carbocycles. The molecule has 4 rings (SSSR count). The third-order valence-corrected chi connectivity index (χ3v) is 8.31. The molecule has 3 saturated carbocycles. The van der Waals surface area contributed by atoms with E-state index in [2.05, 4.69) is 13.8 Å². The molecule has 138 valence electrons. The molecule has 0 unspecified atom stereocenters. The molecule has 3 N–H and O–H groups in total. The summed E-state index contributed by atoms with van der Waals surface area (Å²) in [5.41, 5.74) is 6.26. The predicted molar refractivity (Wildman–Crippen MR) is 92.3 cm³/mol. The van der Waals surface area contributed by atoms with Crippen molar-refractivity contribution in [2.45, 2.75) is 71.0 Å². The lowest BCUT2D eigenvalue weighted by molar-refractivity contribution is -0.244. The topological polar surface area (TPSA) is 89.6 Å². The van der Waals surface area contributed by atoms with Gasteiger partial charge < -0.3 is 15.6 Å². The van der Waals surface area contributed by atoms with Crippen LogP contribution in [0.2, 0.25) is 0 Å². The van der Waals surface area contributed by atoms with Crippen LogP contribution in [0.4, 0.5) is 4.79 Å². The highest BCUT2D eigenvalue weighted by atomic mass is 16.7. The molecule has 25 heavy (non-hydrogen) atoms. The molecule has 0 heterocycles. The van der Waals surface area contributed by atoms with E-state index >= 15 is 0 Å². The van der Waals surface area contributed by atoms with Crippen molar-refractivity contribution in [2.75, 3.05) is 0 Å². The highest BCUT2D eigenvalue weighted by Crippen LogP contribution is 2.67. The van der Waals surface area contributed by atoms with Crippen molar-refractivity contribution in [3.8, 4) is 0 Å². The summed E-state index contributed by atoms with van der Waals surface area (Å²) in [6, 6.07) is 0. The summed E-state index contributed by atoms with van der Waals surface area (Å²) in [4.78, 5) is 23.2. The molecule has 0 radical (unpaired) electrons. The van der Waals surface area contributed by atoms with Crippen molar-refractivity contribution in [1.82, 2.24) is 0 Å². The maximum absolute atomic E-state index is 11.9. The minimum absolute atomic E-state index is 0.114. The van der Waals surface area contributed by atoms with Crippen LogP contribution in [0, 0.1) is 28.6 Å². The van der Waals surface area contributed by atoms with Crippen LogP contribution in [0.15, 0.2) is 11.6 Å². The van der Waals surface area contributed by atoms with E-state index in [4.69, 9.17) is 10.5 Å². The van der Waals surface area contributed by atoms with Crippen molar-refractivity contribution < 1.29 is 19.4 Å². The molecule has 1 amide bonds. The zero-order chi connectivity index (χ0) is 18.0. The Bertz CT molecular complexity index is 658. The molecule has 0 aromatic carbocycles. The highest BCUT2D eigenvalue weighted by Gasteiger charge is 2.65. The number of ketones is 1. The number of allylic oxidation sites excluding steroid dienone is 1. The summed E-state index contributed by atoms with van der Waals surface area (Å²) in [6.07, 6.45) is 7.84. The Balaban J connectivity index is 1.66. The molecule has 3 fully saturated rings. The standard InChI is InChI=1S/C20H29NO4/c1-18-8-5-13(22)11-12(18)3-4-14-15(18)6-9-19(2)16(14)7-10-20(19,24)25-17(21)23/h11,14-16,24H,3-10H2,1-2H3,(H2,21,23)/t14-,15+,16+,18+,19+,20+/m1/s1. The zero-order valence-electron chi connectivity index (χ0n) is 15.2. The third-order valence-electron chi connectivity index (χ3n) is 8.31. The number of aliphatic hydroxyl groups is 1. The Labute approximate surface area is 149 Å². The first-order valence-corrected chi connectivity index (χ1v) is 9.64. The fourth-order valence-electron chi connectivity index (χ4n) is 6.87. The van der Waals surface area contributed by atoms with Gasteiger partial charge in [0, 0.05) is 18.3 Å². The van der Waals surface area contributed by atoms with Crippen LogP contribution in [0.1, 0.15) is 65.2 Å². The minimum Gasteiger partial charge on any atom is -0.417 e. The summed E-state index contributed by atoms with van der Waals surface area (Å²) in [6.45, 7) is 4.41. The second-order valence-electron chi connectivity index (χ2n) is 9.17.